The van der Waals surface area contributed by atoms with Crippen molar-refractivity contribution in [3.8, 4) is 0 Å². The number of nitrogens with one attached hydrogen (secondary N) is 1. The van der Waals surface area contributed by atoms with Crippen LogP contribution in [0.3, 0.4) is 0 Å². The maximum absolute atomic E-state index is 11.8. The molecule has 0 aromatic rings. The Labute approximate surface area is 108 Å². The number of carboxylic acid groups (broad SMARTS) is 1. The van der Waals surface area contributed by atoms with E-state index in [0.717, 1.165) is 0 Å². The van der Waals surface area contributed by atoms with Crippen molar-refractivity contribution in [3.05, 3.63) is 12.7 Å². The highest BCUT2D eigenvalue weighted by atomic mass is 16.5. The molecular weight excluding hydrogens is 236 g/mol. The van der Waals surface area contributed by atoms with Gasteiger partial charge in [-0.15, -0.1) is 6.58 Å². The SMILES string of the molecule is C=CCN(CCOC)C(=O)NCC(C)(C)C(=O)O. The number of aliphatic carboxylic acids is 1. The molecule has 0 saturated carbocycles. The zero-order chi connectivity index (χ0) is 14.2. The van der Waals surface area contributed by atoms with Crippen molar-refractivity contribution >= 4 is 12.0 Å². The molecule has 0 atom stereocenters. The van der Waals surface area contributed by atoms with E-state index >= 15 is 0 Å². The van der Waals surface area contributed by atoms with Crippen molar-refractivity contribution in [1.29, 1.82) is 0 Å². The lowest BCUT2D eigenvalue weighted by Crippen LogP contribution is -2.46. The summed E-state index contributed by atoms with van der Waals surface area (Å²) >= 11 is 0. The van der Waals surface area contributed by atoms with E-state index in [1.54, 1.807) is 27.0 Å². The summed E-state index contributed by atoms with van der Waals surface area (Å²) in [7, 11) is 1.55. The third-order valence-electron chi connectivity index (χ3n) is 2.46. The number of nitrogens with zero attached hydrogens (tertiary/aromatic N) is 1. The first-order valence-corrected chi connectivity index (χ1v) is 5.71. The standard InChI is InChI=1S/C12H22N2O4/c1-5-6-14(7-8-18-4)11(17)13-9-12(2,3)10(15)16/h5H,1,6-9H2,2-4H3,(H,13,17)(H,15,16). The van der Waals surface area contributed by atoms with Crippen LogP contribution < -0.4 is 5.32 Å². The Kier molecular flexibility index (Phi) is 7.04. The molecule has 6 nitrogen and oxygen atoms in total. The lowest BCUT2D eigenvalue weighted by molar-refractivity contribution is -0.146. The molecule has 0 spiro atoms. The fraction of sp³-hybridized carbons (Fsp3) is 0.667. The molecule has 6 heteroatoms. The first-order chi connectivity index (χ1) is 8.35. The second-order valence-electron chi connectivity index (χ2n) is 4.58. The lowest BCUT2D eigenvalue weighted by atomic mass is 9.94. The number of urea groups is 1. The van der Waals surface area contributed by atoms with Crippen LogP contribution in [0, 0.1) is 5.41 Å². The van der Waals surface area contributed by atoms with Crippen molar-refractivity contribution < 1.29 is 19.4 Å². The highest BCUT2D eigenvalue weighted by Crippen LogP contribution is 2.13. The molecular formula is C12H22N2O4. The van der Waals surface area contributed by atoms with Gasteiger partial charge in [-0.1, -0.05) is 6.08 Å². The first-order valence-electron chi connectivity index (χ1n) is 5.71. The Morgan fingerprint density at radius 1 is 1.50 bits per heavy atom. The summed E-state index contributed by atoms with van der Waals surface area (Å²) < 4.78 is 4.90. The van der Waals surface area contributed by atoms with Crippen LogP contribution in [0.15, 0.2) is 12.7 Å². The fourth-order valence-electron chi connectivity index (χ4n) is 1.12. The van der Waals surface area contributed by atoms with Crippen LogP contribution in [-0.4, -0.2) is 55.4 Å². The summed E-state index contributed by atoms with van der Waals surface area (Å²) in [5.74, 6) is -0.949. The summed E-state index contributed by atoms with van der Waals surface area (Å²) in [6.07, 6.45) is 1.61. The molecule has 0 aromatic heterocycles. The second-order valence-corrected chi connectivity index (χ2v) is 4.58. The van der Waals surface area contributed by atoms with Gasteiger partial charge >= 0.3 is 12.0 Å². The molecule has 0 bridgehead atoms. The number of carbonyl (C=O) groups excluding carboxylic acids is 1. The molecule has 0 aliphatic rings. The van der Waals surface area contributed by atoms with Crippen molar-refractivity contribution in [2.75, 3.05) is 33.4 Å². The molecule has 0 heterocycles. The van der Waals surface area contributed by atoms with Gasteiger partial charge in [0.2, 0.25) is 0 Å². The van der Waals surface area contributed by atoms with Crippen LogP contribution in [0.1, 0.15) is 13.8 Å². The first kappa shape index (κ1) is 16.4. The smallest absolute Gasteiger partial charge is 0.317 e. The van der Waals surface area contributed by atoms with Crippen LogP contribution in [0.4, 0.5) is 4.79 Å². The van der Waals surface area contributed by atoms with Gasteiger partial charge in [-0.05, 0) is 13.8 Å². The largest absolute Gasteiger partial charge is 0.481 e. The number of hydrogen-bond donors (Lipinski definition) is 2. The van der Waals surface area contributed by atoms with E-state index in [2.05, 4.69) is 11.9 Å². The predicted molar refractivity (Wildman–Crippen MR) is 68.5 cm³/mol. The number of rotatable bonds is 8. The highest BCUT2D eigenvalue weighted by Gasteiger charge is 2.28. The Morgan fingerprint density at radius 2 is 2.11 bits per heavy atom. The summed E-state index contributed by atoms with van der Waals surface area (Å²) in [4.78, 5) is 24.2. The normalized spacial score (nSPS) is 10.8. The van der Waals surface area contributed by atoms with Gasteiger partial charge in [0.15, 0.2) is 0 Å². The monoisotopic (exact) mass is 258 g/mol. The van der Waals surface area contributed by atoms with Crippen LogP contribution in [0.25, 0.3) is 0 Å². The average molecular weight is 258 g/mol. The Hall–Kier alpha value is -1.56. The van der Waals surface area contributed by atoms with E-state index in [1.807, 2.05) is 0 Å². The molecule has 0 rings (SSSR count). The molecule has 0 radical (unpaired) electrons. The van der Waals surface area contributed by atoms with Gasteiger partial charge in [-0.25, -0.2) is 4.79 Å². The van der Waals surface area contributed by atoms with Crippen molar-refractivity contribution in [2.45, 2.75) is 13.8 Å². The molecule has 0 fully saturated rings. The van der Waals surface area contributed by atoms with Gasteiger partial charge in [0.05, 0.1) is 12.0 Å². The fourth-order valence-corrected chi connectivity index (χ4v) is 1.12. The molecule has 18 heavy (non-hydrogen) atoms. The van der Waals surface area contributed by atoms with Gasteiger partial charge in [-0.3, -0.25) is 4.79 Å². The molecule has 0 aromatic carbocycles. The van der Waals surface area contributed by atoms with E-state index in [-0.39, 0.29) is 12.6 Å². The van der Waals surface area contributed by atoms with Crippen molar-refractivity contribution in [2.24, 2.45) is 5.41 Å². The van der Waals surface area contributed by atoms with Crippen LogP contribution in [0.5, 0.6) is 0 Å². The van der Waals surface area contributed by atoms with Crippen LogP contribution in [0.2, 0.25) is 0 Å². The summed E-state index contributed by atoms with van der Waals surface area (Å²) in [5.41, 5.74) is -0.989. The summed E-state index contributed by atoms with van der Waals surface area (Å²) in [5, 5.41) is 11.5. The topological polar surface area (TPSA) is 78.9 Å². The van der Waals surface area contributed by atoms with E-state index in [9.17, 15) is 9.59 Å². The number of carbonyl (C=O) groups is 2. The van der Waals surface area contributed by atoms with E-state index in [4.69, 9.17) is 9.84 Å². The van der Waals surface area contributed by atoms with Crippen LogP contribution >= 0.6 is 0 Å². The average Bonchev–Trinajstić information content (AvgIpc) is 2.31. The van der Waals surface area contributed by atoms with E-state index in [0.29, 0.717) is 19.7 Å². The quantitative estimate of drug-likeness (QED) is 0.635. The Balaban J connectivity index is 4.33. The number of ether oxygens (including phenoxy) is 1. The minimum absolute atomic E-state index is 0.0712. The number of carboxylic acids is 1. The molecule has 0 unspecified atom stereocenters. The Morgan fingerprint density at radius 3 is 2.56 bits per heavy atom. The lowest BCUT2D eigenvalue weighted by Gasteiger charge is -2.25. The summed E-state index contributed by atoms with van der Waals surface area (Å²) in [6, 6.07) is -0.318. The zero-order valence-electron chi connectivity index (χ0n) is 11.2. The maximum atomic E-state index is 11.8. The molecule has 0 aliphatic heterocycles. The molecule has 0 aliphatic carbocycles. The van der Waals surface area contributed by atoms with Gasteiger partial charge in [0, 0.05) is 26.7 Å². The molecule has 0 saturated heterocycles. The number of amides is 2. The third-order valence-corrected chi connectivity index (χ3v) is 2.46. The van der Waals surface area contributed by atoms with Gasteiger partial charge in [-0.2, -0.15) is 0 Å². The summed E-state index contributed by atoms with van der Waals surface area (Å²) in [6.45, 7) is 8.00. The second kappa shape index (κ2) is 7.71. The van der Waals surface area contributed by atoms with E-state index < -0.39 is 11.4 Å². The number of hydrogen-bond acceptors (Lipinski definition) is 3. The van der Waals surface area contributed by atoms with Crippen LogP contribution in [-0.2, 0) is 9.53 Å². The van der Waals surface area contributed by atoms with Crippen molar-refractivity contribution in [1.82, 2.24) is 10.2 Å². The van der Waals surface area contributed by atoms with Gasteiger partial charge in [0.1, 0.15) is 0 Å². The van der Waals surface area contributed by atoms with Gasteiger partial charge in [0.25, 0.3) is 0 Å². The molecule has 2 N–H and O–H groups in total. The van der Waals surface area contributed by atoms with Gasteiger partial charge < -0.3 is 20.1 Å². The van der Waals surface area contributed by atoms with Crippen molar-refractivity contribution in [3.63, 3.8) is 0 Å². The molecule has 104 valence electrons. The predicted octanol–water partition coefficient (Wildman–Crippen LogP) is 0.941. The zero-order valence-corrected chi connectivity index (χ0v) is 11.2. The minimum atomic E-state index is -0.989. The third kappa shape index (κ3) is 5.67. The number of methoxy groups -OCH3 is 1. The Bertz CT molecular complexity index is 302. The minimum Gasteiger partial charge on any atom is -0.481 e. The molecule has 2 amide bonds. The maximum Gasteiger partial charge on any atom is 0.317 e. The highest BCUT2D eigenvalue weighted by molar-refractivity contribution is 5.77. The van der Waals surface area contributed by atoms with E-state index in [1.165, 1.54) is 4.90 Å².